The Labute approximate surface area is 190 Å². The van der Waals surface area contributed by atoms with Gasteiger partial charge in [0.25, 0.3) is 0 Å². The maximum absolute atomic E-state index is 12.7. The average molecular weight is 431 g/mol. The molecule has 0 bridgehead atoms. The molecular formula is C27H30N2O3. The molecule has 1 aliphatic heterocycles. The summed E-state index contributed by atoms with van der Waals surface area (Å²) in [6, 6.07) is 25.8. The third-order valence-corrected chi connectivity index (χ3v) is 5.74. The first-order valence-corrected chi connectivity index (χ1v) is 11.1. The number of amides is 1. The van der Waals surface area contributed by atoms with Crippen LogP contribution in [0.5, 0.6) is 17.2 Å². The molecule has 166 valence electrons. The first kappa shape index (κ1) is 21.9. The second-order valence-electron chi connectivity index (χ2n) is 8.07. The minimum absolute atomic E-state index is 0.213. The van der Waals surface area contributed by atoms with Crippen molar-refractivity contribution in [1.82, 2.24) is 9.80 Å². The van der Waals surface area contributed by atoms with E-state index in [4.69, 9.17) is 9.47 Å². The summed E-state index contributed by atoms with van der Waals surface area (Å²) in [5.74, 6) is 2.42. The quantitative estimate of drug-likeness (QED) is 0.542. The molecule has 5 heteroatoms. The molecule has 5 nitrogen and oxygen atoms in total. The Hall–Kier alpha value is -3.31. The number of rotatable bonds is 7. The van der Waals surface area contributed by atoms with E-state index in [1.54, 1.807) is 7.11 Å². The van der Waals surface area contributed by atoms with Gasteiger partial charge in [0, 0.05) is 32.7 Å². The Bertz CT molecular complexity index is 1020. The van der Waals surface area contributed by atoms with Crippen LogP contribution in [-0.4, -0.2) is 49.0 Å². The van der Waals surface area contributed by atoms with Gasteiger partial charge in [-0.25, -0.2) is 0 Å². The molecular weight excluding hydrogens is 400 g/mol. The number of para-hydroxylation sites is 2. The van der Waals surface area contributed by atoms with Crippen molar-refractivity contribution >= 4 is 5.91 Å². The first-order valence-electron chi connectivity index (χ1n) is 11.1. The molecule has 0 N–H and O–H groups in total. The van der Waals surface area contributed by atoms with Crippen LogP contribution in [0.1, 0.15) is 17.5 Å². The van der Waals surface area contributed by atoms with Crippen molar-refractivity contribution in [3.05, 3.63) is 90.0 Å². The van der Waals surface area contributed by atoms with Gasteiger partial charge in [0.05, 0.1) is 13.5 Å². The Kier molecular flexibility index (Phi) is 7.41. The molecule has 0 radical (unpaired) electrons. The third-order valence-electron chi connectivity index (χ3n) is 5.74. The van der Waals surface area contributed by atoms with Gasteiger partial charge in [-0.15, -0.1) is 0 Å². The molecule has 0 spiro atoms. The van der Waals surface area contributed by atoms with Gasteiger partial charge >= 0.3 is 0 Å². The van der Waals surface area contributed by atoms with Crippen LogP contribution in [0.4, 0.5) is 0 Å². The lowest BCUT2D eigenvalue weighted by atomic mass is 10.1. The Balaban J connectivity index is 1.33. The molecule has 1 heterocycles. The van der Waals surface area contributed by atoms with Gasteiger partial charge in [0.2, 0.25) is 5.91 Å². The summed E-state index contributed by atoms with van der Waals surface area (Å²) in [7, 11) is 1.64. The van der Waals surface area contributed by atoms with Crippen LogP contribution < -0.4 is 9.47 Å². The van der Waals surface area contributed by atoms with Crippen LogP contribution in [0.15, 0.2) is 78.9 Å². The van der Waals surface area contributed by atoms with E-state index >= 15 is 0 Å². The maximum Gasteiger partial charge on any atom is 0.227 e. The van der Waals surface area contributed by atoms with Gasteiger partial charge in [0.15, 0.2) is 11.5 Å². The molecule has 32 heavy (non-hydrogen) atoms. The van der Waals surface area contributed by atoms with Crippen LogP contribution in [-0.2, 0) is 17.8 Å². The minimum Gasteiger partial charge on any atom is -0.493 e. The summed E-state index contributed by atoms with van der Waals surface area (Å²) in [5.41, 5.74) is 2.27. The summed E-state index contributed by atoms with van der Waals surface area (Å²) >= 11 is 0. The highest BCUT2D eigenvalue weighted by Gasteiger charge is 2.19. The van der Waals surface area contributed by atoms with E-state index in [0.717, 1.165) is 50.5 Å². The fourth-order valence-electron chi connectivity index (χ4n) is 4.06. The number of carbonyl (C=O) groups is 1. The predicted octanol–water partition coefficient (Wildman–Crippen LogP) is 4.76. The maximum atomic E-state index is 12.7. The van der Waals surface area contributed by atoms with Crippen molar-refractivity contribution in [2.75, 3.05) is 33.3 Å². The number of methoxy groups -OCH3 is 1. The van der Waals surface area contributed by atoms with Crippen molar-refractivity contribution < 1.29 is 14.3 Å². The molecule has 0 aromatic heterocycles. The number of nitrogens with zero attached hydrogens (tertiary/aromatic N) is 2. The molecule has 0 atom stereocenters. The van der Waals surface area contributed by atoms with E-state index in [-0.39, 0.29) is 5.91 Å². The number of benzene rings is 3. The second kappa shape index (κ2) is 10.8. The molecule has 1 saturated heterocycles. The molecule has 3 aromatic carbocycles. The van der Waals surface area contributed by atoms with Gasteiger partial charge < -0.3 is 14.4 Å². The van der Waals surface area contributed by atoms with E-state index in [1.165, 1.54) is 5.56 Å². The molecule has 3 aromatic rings. The lowest BCUT2D eigenvalue weighted by Gasteiger charge is -2.22. The number of ether oxygens (including phenoxy) is 2. The van der Waals surface area contributed by atoms with Gasteiger partial charge in [-0.3, -0.25) is 9.69 Å². The van der Waals surface area contributed by atoms with Crippen LogP contribution in [0, 0.1) is 0 Å². The van der Waals surface area contributed by atoms with Gasteiger partial charge in [-0.05, 0) is 41.8 Å². The summed E-state index contributed by atoms with van der Waals surface area (Å²) in [4.78, 5) is 17.2. The fourth-order valence-corrected chi connectivity index (χ4v) is 4.06. The highest BCUT2D eigenvalue weighted by Crippen LogP contribution is 2.31. The number of hydrogen-bond acceptors (Lipinski definition) is 4. The topological polar surface area (TPSA) is 42.0 Å². The summed E-state index contributed by atoms with van der Waals surface area (Å²) < 4.78 is 11.4. The zero-order chi connectivity index (χ0) is 22.2. The van der Waals surface area contributed by atoms with Crippen molar-refractivity contribution in [3.8, 4) is 17.2 Å². The number of carbonyl (C=O) groups excluding carboxylic acids is 1. The summed E-state index contributed by atoms with van der Waals surface area (Å²) in [5, 5.41) is 0. The van der Waals surface area contributed by atoms with E-state index < -0.39 is 0 Å². The van der Waals surface area contributed by atoms with Gasteiger partial charge in [-0.1, -0.05) is 54.6 Å². The zero-order valence-electron chi connectivity index (χ0n) is 18.6. The van der Waals surface area contributed by atoms with E-state index in [9.17, 15) is 4.79 Å². The summed E-state index contributed by atoms with van der Waals surface area (Å²) in [6.45, 7) is 4.27. The molecule has 0 saturated carbocycles. The largest absolute Gasteiger partial charge is 0.493 e. The van der Waals surface area contributed by atoms with Gasteiger partial charge in [0.1, 0.15) is 5.75 Å². The van der Waals surface area contributed by atoms with Gasteiger partial charge in [-0.2, -0.15) is 0 Å². The monoisotopic (exact) mass is 430 g/mol. The second-order valence-corrected chi connectivity index (χ2v) is 8.07. The lowest BCUT2D eigenvalue weighted by Crippen LogP contribution is -2.36. The third kappa shape index (κ3) is 5.89. The Morgan fingerprint density at radius 2 is 1.56 bits per heavy atom. The lowest BCUT2D eigenvalue weighted by molar-refractivity contribution is -0.130. The fraction of sp³-hybridized carbons (Fsp3) is 0.296. The molecule has 1 amide bonds. The SMILES string of the molecule is COc1ccccc1Oc1cccc(CN2CCCN(C(=O)Cc3ccccc3)CC2)c1. The summed E-state index contributed by atoms with van der Waals surface area (Å²) in [6.07, 6.45) is 1.46. The van der Waals surface area contributed by atoms with Crippen LogP contribution in [0.2, 0.25) is 0 Å². The van der Waals surface area contributed by atoms with E-state index in [2.05, 4.69) is 17.0 Å². The standard InChI is InChI=1S/C27H30N2O3/c1-31-25-13-5-6-14-26(25)32-24-12-7-11-23(19-24)21-28-15-8-16-29(18-17-28)27(30)20-22-9-3-2-4-10-22/h2-7,9-14,19H,8,15-18,20-21H2,1H3. The molecule has 1 aliphatic rings. The van der Waals surface area contributed by atoms with Crippen molar-refractivity contribution in [2.24, 2.45) is 0 Å². The van der Waals surface area contributed by atoms with Crippen molar-refractivity contribution in [2.45, 2.75) is 19.4 Å². The highest BCUT2D eigenvalue weighted by atomic mass is 16.5. The normalized spacial score (nSPS) is 14.6. The van der Waals surface area contributed by atoms with Crippen LogP contribution >= 0.6 is 0 Å². The van der Waals surface area contributed by atoms with Crippen LogP contribution in [0.25, 0.3) is 0 Å². The van der Waals surface area contributed by atoms with E-state index in [1.807, 2.05) is 71.6 Å². The zero-order valence-corrected chi connectivity index (χ0v) is 18.6. The minimum atomic E-state index is 0.213. The smallest absolute Gasteiger partial charge is 0.227 e. The molecule has 0 aliphatic carbocycles. The first-order chi connectivity index (χ1) is 15.7. The predicted molar refractivity (Wildman–Crippen MR) is 126 cm³/mol. The molecule has 0 unspecified atom stereocenters. The molecule has 1 fully saturated rings. The van der Waals surface area contributed by atoms with Crippen LogP contribution in [0.3, 0.4) is 0 Å². The van der Waals surface area contributed by atoms with E-state index in [0.29, 0.717) is 17.9 Å². The van der Waals surface area contributed by atoms with Crippen molar-refractivity contribution in [1.29, 1.82) is 0 Å². The van der Waals surface area contributed by atoms with Crippen molar-refractivity contribution in [3.63, 3.8) is 0 Å². The number of hydrogen-bond donors (Lipinski definition) is 0. The Morgan fingerprint density at radius 3 is 2.38 bits per heavy atom. The Morgan fingerprint density at radius 1 is 0.812 bits per heavy atom. The highest BCUT2D eigenvalue weighted by molar-refractivity contribution is 5.78. The average Bonchev–Trinajstić information content (AvgIpc) is 3.06. The molecule has 4 rings (SSSR count).